The highest BCUT2D eigenvalue weighted by Gasteiger charge is 2.16. The van der Waals surface area contributed by atoms with Crippen LogP contribution in [0.4, 0.5) is 10.1 Å². The lowest BCUT2D eigenvalue weighted by Crippen LogP contribution is -1.94. The largest absolute Gasteiger partial charge is 0.384 e. The molecule has 0 spiro atoms. The second-order valence-electron chi connectivity index (χ2n) is 5.18. The van der Waals surface area contributed by atoms with Gasteiger partial charge in [-0.25, -0.2) is 9.37 Å². The minimum absolute atomic E-state index is 0.226. The predicted octanol–water partition coefficient (Wildman–Crippen LogP) is 3.35. The van der Waals surface area contributed by atoms with E-state index in [-0.39, 0.29) is 5.82 Å². The van der Waals surface area contributed by atoms with Crippen LogP contribution >= 0.6 is 0 Å². The van der Waals surface area contributed by atoms with Crippen LogP contribution in [0.3, 0.4) is 0 Å². The normalized spacial score (nSPS) is 13.5. The molecule has 0 amide bonds. The fraction of sp³-hybridized carbons (Fsp3) is 0.188. The van der Waals surface area contributed by atoms with Crippen molar-refractivity contribution >= 4 is 16.7 Å². The maximum atomic E-state index is 13.0. The minimum Gasteiger partial charge on any atom is -0.384 e. The van der Waals surface area contributed by atoms with Crippen LogP contribution in [0.2, 0.25) is 0 Å². The zero-order chi connectivity index (χ0) is 13.7. The molecule has 2 heterocycles. The maximum Gasteiger partial charge on any atom is 0.140 e. The molecule has 20 heavy (non-hydrogen) atoms. The number of aromatic nitrogens is 2. The van der Waals surface area contributed by atoms with Crippen molar-refractivity contribution in [2.45, 2.75) is 6.42 Å². The molecule has 1 aliphatic heterocycles. The Morgan fingerprint density at radius 1 is 1.20 bits per heavy atom. The van der Waals surface area contributed by atoms with E-state index in [0.29, 0.717) is 0 Å². The van der Waals surface area contributed by atoms with Crippen LogP contribution < -0.4 is 5.32 Å². The average Bonchev–Trinajstić information content (AvgIpc) is 3.02. The van der Waals surface area contributed by atoms with Gasteiger partial charge in [0, 0.05) is 24.8 Å². The van der Waals surface area contributed by atoms with E-state index in [9.17, 15) is 4.39 Å². The minimum atomic E-state index is -0.226. The molecule has 0 atom stereocenters. The molecule has 0 unspecified atom stereocenters. The van der Waals surface area contributed by atoms with Gasteiger partial charge in [-0.1, -0.05) is 0 Å². The lowest BCUT2D eigenvalue weighted by molar-refractivity contribution is 0.628. The van der Waals surface area contributed by atoms with Crippen molar-refractivity contribution < 1.29 is 4.39 Å². The van der Waals surface area contributed by atoms with E-state index >= 15 is 0 Å². The number of fused-ring (bicyclic) bond motifs is 2. The molecule has 0 saturated carbocycles. The number of anilines is 1. The van der Waals surface area contributed by atoms with Gasteiger partial charge in [0.15, 0.2) is 0 Å². The zero-order valence-electron chi connectivity index (χ0n) is 11.2. The van der Waals surface area contributed by atoms with Gasteiger partial charge in [-0.3, -0.25) is 0 Å². The van der Waals surface area contributed by atoms with E-state index in [0.717, 1.165) is 35.4 Å². The monoisotopic (exact) mass is 267 g/mol. The van der Waals surface area contributed by atoms with Gasteiger partial charge in [-0.2, -0.15) is 0 Å². The average molecular weight is 267 g/mol. The van der Waals surface area contributed by atoms with Crippen LogP contribution in [0.15, 0.2) is 36.4 Å². The van der Waals surface area contributed by atoms with Gasteiger partial charge >= 0.3 is 0 Å². The van der Waals surface area contributed by atoms with Crippen molar-refractivity contribution in [2.75, 3.05) is 11.9 Å². The number of nitrogens with zero attached hydrogens (tertiary/aromatic N) is 2. The summed E-state index contributed by atoms with van der Waals surface area (Å²) in [5.41, 5.74) is 5.54. The molecule has 0 saturated heterocycles. The molecular weight excluding hydrogens is 253 g/mol. The summed E-state index contributed by atoms with van der Waals surface area (Å²) in [5, 5.41) is 3.39. The summed E-state index contributed by atoms with van der Waals surface area (Å²) in [4.78, 5) is 4.70. The number of hydrogen-bond acceptors (Lipinski definition) is 2. The molecule has 100 valence electrons. The smallest absolute Gasteiger partial charge is 0.140 e. The second-order valence-corrected chi connectivity index (χ2v) is 5.18. The summed E-state index contributed by atoms with van der Waals surface area (Å²) in [7, 11) is 2.00. The van der Waals surface area contributed by atoms with Crippen LogP contribution in [-0.4, -0.2) is 16.1 Å². The first-order chi connectivity index (χ1) is 9.72. The van der Waals surface area contributed by atoms with Gasteiger partial charge in [-0.15, -0.1) is 0 Å². The lowest BCUT2D eigenvalue weighted by atomic mass is 10.1. The van der Waals surface area contributed by atoms with E-state index in [1.165, 1.54) is 23.4 Å². The highest BCUT2D eigenvalue weighted by molar-refractivity contribution is 5.86. The third kappa shape index (κ3) is 1.61. The number of imidazole rings is 1. The molecule has 2 aromatic carbocycles. The van der Waals surface area contributed by atoms with Gasteiger partial charge in [0.2, 0.25) is 0 Å². The summed E-state index contributed by atoms with van der Waals surface area (Å²) >= 11 is 0. The Labute approximate surface area is 116 Å². The standard InChI is InChI=1S/C16H14FN3/c1-20-15-9-13-11(6-7-18-13)8-14(15)19-16(20)10-2-4-12(17)5-3-10/h2-5,8-9,18H,6-7H2,1H3. The molecule has 0 aliphatic carbocycles. The maximum absolute atomic E-state index is 13.0. The molecule has 3 nitrogen and oxygen atoms in total. The Morgan fingerprint density at radius 3 is 2.80 bits per heavy atom. The predicted molar refractivity (Wildman–Crippen MR) is 78.3 cm³/mol. The molecule has 0 bridgehead atoms. The van der Waals surface area contributed by atoms with Gasteiger partial charge < -0.3 is 9.88 Å². The van der Waals surface area contributed by atoms with Gasteiger partial charge in [0.25, 0.3) is 0 Å². The molecule has 4 rings (SSSR count). The quantitative estimate of drug-likeness (QED) is 0.732. The molecular formula is C16H14FN3. The fourth-order valence-corrected chi connectivity index (χ4v) is 2.84. The Morgan fingerprint density at radius 2 is 2.00 bits per heavy atom. The summed E-state index contributed by atoms with van der Waals surface area (Å²) < 4.78 is 15.1. The molecule has 0 fully saturated rings. The van der Waals surface area contributed by atoms with Gasteiger partial charge in [0.1, 0.15) is 11.6 Å². The first-order valence-corrected chi connectivity index (χ1v) is 6.71. The summed E-state index contributed by atoms with van der Waals surface area (Å²) in [6, 6.07) is 10.8. The summed E-state index contributed by atoms with van der Waals surface area (Å²) in [5.74, 6) is 0.638. The fourth-order valence-electron chi connectivity index (χ4n) is 2.84. The first kappa shape index (κ1) is 11.5. The van der Waals surface area contributed by atoms with Crippen molar-refractivity contribution in [2.24, 2.45) is 7.05 Å². The van der Waals surface area contributed by atoms with Gasteiger partial charge in [-0.05, 0) is 48.4 Å². The van der Waals surface area contributed by atoms with Crippen LogP contribution in [0.5, 0.6) is 0 Å². The van der Waals surface area contributed by atoms with Crippen LogP contribution in [0, 0.1) is 5.82 Å². The molecule has 1 aromatic heterocycles. The van der Waals surface area contributed by atoms with Crippen molar-refractivity contribution in [1.82, 2.24) is 9.55 Å². The van der Waals surface area contributed by atoms with E-state index in [1.54, 1.807) is 12.1 Å². The molecule has 1 N–H and O–H groups in total. The number of hydrogen-bond donors (Lipinski definition) is 1. The van der Waals surface area contributed by atoms with Crippen molar-refractivity contribution in [3.8, 4) is 11.4 Å². The van der Waals surface area contributed by atoms with Crippen molar-refractivity contribution in [3.63, 3.8) is 0 Å². The first-order valence-electron chi connectivity index (χ1n) is 6.71. The Balaban J connectivity index is 1.93. The Kier molecular flexibility index (Phi) is 2.33. The van der Waals surface area contributed by atoms with Crippen molar-refractivity contribution in [3.05, 3.63) is 47.8 Å². The topological polar surface area (TPSA) is 29.9 Å². The Hall–Kier alpha value is -2.36. The highest BCUT2D eigenvalue weighted by atomic mass is 19.1. The van der Waals surface area contributed by atoms with Crippen LogP contribution in [-0.2, 0) is 13.5 Å². The van der Waals surface area contributed by atoms with Crippen LogP contribution in [0.25, 0.3) is 22.4 Å². The highest BCUT2D eigenvalue weighted by Crippen LogP contribution is 2.30. The van der Waals surface area contributed by atoms with Crippen molar-refractivity contribution in [1.29, 1.82) is 0 Å². The molecule has 3 aromatic rings. The van der Waals surface area contributed by atoms with Gasteiger partial charge in [0.05, 0.1) is 11.0 Å². The molecule has 1 aliphatic rings. The van der Waals surface area contributed by atoms with E-state index < -0.39 is 0 Å². The number of rotatable bonds is 1. The van der Waals surface area contributed by atoms with E-state index in [1.807, 2.05) is 7.05 Å². The second kappa shape index (κ2) is 4.07. The third-order valence-electron chi connectivity index (χ3n) is 3.92. The zero-order valence-corrected chi connectivity index (χ0v) is 11.2. The van der Waals surface area contributed by atoms with E-state index in [4.69, 9.17) is 4.98 Å². The number of nitrogens with one attached hydrogen (secondary N) is 1. The Bertz CT molecular complexity index is 803. The lowest BCUT2D eigenvalue weighted by Gasteiger charge is -2.03. The SMILES string of the molecule is Cn1c(-c2ccc(F)cc2)nc2cc3c(cc21)NCC3. The van der Waals surface area contributed by atoms with Crippen LogP contribution in [0.1, 0.15) is 5.56 Å². The number of aryl methyl sites for hydroxylation is 1. The number of benzene rings is 2. The number of halogens is 1. The molecule has 4 heteroatoms. The molecule has 0 radical (unpaired) electrons. The summed E-state index contributed by atoms with van der Waals surface area (Å²) in [6.45, 7) is 0.997. The third-order valence-corrected chi connectivity index (χ3v) is 3.92. The summed E-state index contributed by atoms with van der Waals surface area (Å²) in [6.07, 6.45) is 1.05. The van der Waals surface area contributed by atoms with E-state index in [2.05, 4.69) is 22.0 Å².